The Kier molecular flexibility index (Phi) is 6.45. The van der Waals surface area contributed by atoms with Gasteiger partial charge >= 0.3 is 5.97 Å². The number of unbranched alkanes of at least 4 members (excludes halogenated alkanes) is 1. The van der Waals surface area contributed by atoms with Gasteiger partial charge in [0.2, 0.25) is 18.0 Å². The molecule has 27 heavy (non-hydrogen) atoms. The zero-order valence-electron chi connectivity index (χ0n) is 15.6. The lowest BCUT2D eigenvalue weighted by Crippen LogP contribution is -2.46. The molecule has 1 aromatic carbocycles. The molecule has 0 radical (unpaired) electrons. The number of cyclic esters (lactones) is 1. The Morgan fingerprint density at radius 2 is 2.04 bits per heavy atom. The summed E-state index contributed by atoms with van der Waals surface area (Å²) in [4.78, 5) is 38.5. The van der Waals surface area contributed by atoms with E-state index in [0.717, 1.165) is 25.9 Å². The summed E-state index contributed by atoms with van der Waals surface area (Å²) in [6.07, 6.45) is 2.72. The van der Waals surface area contributed by atoms with E-state index in [1.165, 1.54) is 4.90 Å². The lowest BCUT2D eigenvalue weighted by molar-refractivity contribution is -0.145. The van der Waals surface area contributed by atoms with Crippen molar-refractivity contribution in [2.45, 2.75) is 51.3 Å². The molecule has 0 spiro atoms. The number of amides is 2. The Morgan fingerprint density at radius 3 is 2.85 bits per heavy atom. The van der Waals surface area contributed by atoms with E-state index in [4.69, 9.17) is 9.47 Å². The average Bonchev–Trinajstić information content (AvgIpc) is 3.21. The number of fused-ring (bicyclic) bond motifs is 1. The third kappa shape index (κ3) is 4.30. The van der Waals surface area contributed by atoms with Crippen molar-refractivity contribution in [3.05, 3.63) is 35.4 Å². The van der Waals surface area contributed by atoms with E-state index >= 15 is 0 Å². The van der Waals surface area contributed by atoms with Gasteiger partial charge < -0.3 is 14.8 Å². The molecule has 3 rings (SSSR count). The fraction of sp³-hybridized carbons (Fsp3) is 0.550. The number of nitrogens with zero attached hydrogens (tertiary/aromatic N) is 1. The van der Waals surface area contributed by atoms with E-state index in [9.17, 15) is 14.4 Å². The minimum Gasteiger partial charge on any atom is -0.433 e. The van der Waals surface area contributed by atoms with Crippen LogP contribution in [-0.2, 0) is 19.1 Å². The van der Waals surface area contributed by atoms with Crippen LogP contribution < -0.4 is 5.32 Å². The molecule has 2 aliphatic rings. The van der Waals surface area contributed by atoms with Gasteiger partial charge in [-0.1, -0.05) is 31.5 Å². The predicted octanol–water partition coefficient (Wildman–Crippen LogP) is 2.17. The number of rotatable bonds is 9. The molecule has 1 saturated heterocycles. The van der Waals surface area contributed by atoms with Gasteiger partial charge in [-0.15, -0.1) is 0 Å². The lowest BCUT2D eigenvalue weighted by atomic mass is 10.1. The third-order valence-electron chi connectivity index (χ3n) is 4.88. The molecule has 0 bridgehead atoms. The first-order chi connectivity index (χ1) is 13.1. The highest BCUT2D eigenvalue weighted by Crippen LogP contribution is 2.38. The van der Waals surface area contributed by atoms with Crippen molar-refractivity contribution in [1.82, 2.24) is 10.2 Å². The number of carbonyl (C=O) groups excluding carboxylic acids is 3. The fourth-order valence-corrected chi connectivity index (χ4v) is 3.44. The summed E-state index contributed by atoms with van der Waals surface area (Å²) < 4.78 is 10.9. The zero-order valence-corrected chi connectivity index (χ0v) is 15.6. The number of ether oxygens (including phenoxy) is 2. The van der Waals surface area contributed by atoms with Crippen LogP contribution in [0, 0.1) is 0 Å². The quantitative estimate of drug-likeness (QED) is 0.529. The van der Waals surface area contributed by atoms with Gasteiger partial charge in [-0.3, -0.25) is 14.5 Å². The van der Waals surface area contributed by atoms with Gasteiger partial charge in [0.25, 0.3) is 0 Å². The van der Waals surface area contributed by atoms with Gasteiger partial charge in [0, 0.05) is 31.7 Å². The number of carbonyl (C=O) groups is 3. The maximum absolute atomic E-state index is 12.6. The Labute approximate surface area is 159 Å². The molecule has 0 unspecified atom stereocenters. The monoisotopic (exact) mass is 374 g/mol. The maximum atomic E-state index is 12.6. The molecule has 0 saturated carbocycles. The van der Waals surface area contributed by atoms with Crippen LogP contribution in [0.1, 0.15) is 61.2 Å². The van der Waals surface area contributed by atoms with Crippen molar-refractivity contribution in [2.75, 3.05) is 19.8 Å². The second kappa shape index (κ2) is 8.99. The summed E-state index contributed by atoms with van der Waals surface area (Å²) in [7, 11) is 0. The highest BCUT2D eigenvalue weighted by Gasteiger charge is 2.46. The van der Waals surface area contributed by atoms with Crippen LogP contribution in [0.5, 0.6) is 0 Å². The number of nitrogens with one attached hydrogen (secondary N) is 1. The first kappa shape index (κ1) is 19.4. The van der Waals surface area contributed by atoms with Gasteiger partial charge in [0.1, 0.15) is 6.04 Å². The van der Waals surface area contributed by atoms with Gasteiger partial charge in [-0.25, -0.2) is 4.79 Å². The summed E-state index contributed by atoms with van der Waals surface area (Å²) in [5.74, 6) is -0.846. The molecule has 7 nitrogen and oxygen atoms in total. The highest BCUT2D eigenvalue weighted by atomic mass is 16.6. The summed E-state index contributed by atoms with van der Waals surface area (Å²) >= 11 is 0. The van der Waals surface area contributed by atoms with Crippen LogP contribution in [0.25, 0.3) is 0 Å². The molecule has 1 fully saturated rings. The van der Waals surface area contributed by atoms with E-state index < -0.39 is 18.2 Å². The number of hydrogen-bond donors (Lipinski definition) is 1. The largest absolute Gasteiger partial charge is 0.433 e. The summed E-state index contributed by atoms with van der Waals surface area (Å²) in [6.45, 7) is 3.94. The maximum Gasteiger partial charge on any atom is 0.340 e. The van der Waals surface area contributed by atoms with Crippen LogP contribution in [0.15, 0.2) is 24.3 Å². The topological polar surface area (TPSA) is 84.9 Å². The molecule has 0 aromatic heterocycles. The van der Waals surface area contributed by atoms with Crippen LogP contribution in [0.4, 0.5) is 0 Å². The second-order valence-corrected chi connectivity index (χ2v) is 6.81. The minimum atomic E-state index is -0.822. The number of likely N-dealkylation sites (tertiary alicyclic amines) is 1. The van der Waals surface area contributed by atoms with Gasteiger partial charge in [-0.2, -0.15) is 0 Å². The Bertz CT molecular complexity index is 705. The number of esters is 1. The normalized spacial score (nSPS) is 21.3. The Hall–Kier alpha value is -2.41. The average molecular weight is 374 g/mol. The molecule has 2 aliphatic heterocycles. The van der Waals surface area contributed by atoms with Gasteiger partial charge in [0.05, 0.1) is 5.56 Å². The van der Waals surface area contributed by atoms with E-state index in [0.29, 0.717) is 30.7 Å². The van der Waals surface area contributed by atoms with Crippen molar-refractivity contribution in [1.29, 1.82) is 0 Å². The van der Waals surface area contributed by atoms with E-state index in [1.54, 1.807) is 24.3 Å². The van der Waals surface area contributed by atoms with Crippen molar-refractivity contribution in [2.24, 2.45) is 0 Å². The van der Waals surface area contributed by atoms with Crippen molar-refractivity contribution >= 4 is 17.8 Å². The van der Waals surface area contributed by atoms with Gasteiger partial charge in [-0.05, 0) is 25.3 Å². The fourth-order valence-electron chi connectivity index (χ4n) is 3.44. The predicted molar refractivity (Wildman–Crippen MR) is 97.8 cm³/mol. The van der Waals surface area contributed by atoms with Crippen molar-refractivity contribution < 1.29 is 23.9 Å². The summed E-state index contributed by atoms with van der Waals surface area (Å²) in [5.41, 5.74) is 1.09. The van der Waals surface area contributed by atoms with Crippen LogP contribution in [0.2, 0.25) is 0 Å². The summed E-state index contributed by atoms with van der Waals surface area (Å²) in [5, 5.41) is 2.87. The van der Waals surface area contributed by atoms with Crippen LogP contribution >= 0.6 is 0 Å². The molecule has 7 heteroatoms. The second-order valence-electron chi connectivity index (χ2n) is 6.81. The molecule has 1 aromatic rings. The van der Waals surface area contributed by atoms with Gasteiger partial charge in [0.15, 0.2) is 0 Å². The number of hydrogen-bond acceptors (Lipinski definition) is 5. The molecular weight excluding hydrogens is 348 g/mol. The smallest absolute Gasteiger partial charge is 0.340 e. The van der Waals surface area contributed by atoms with E-state index in [-0.39, 0.29) is 18.2 Å². The molecule has 2 amide bonds. The van der Waals surface area contributed by atoms with Crippen LogP contribution in [0.3, 0.4) is 0 Å². The molecule has 0 aliphatic carbocycles. The summed E-state index contributed by atoms with van der Waals surface area (Å²) in [6, 6.07) is 6.36. The third-order valence-corrected chi connectivity index (χ3v) is 4.88. The Balaban J connectivity index is 1.57. The molecule has 2 heterocycles. The minimum absolute atomic E-state index is 0.174. The van der Waals surface area contributed by atoms with Crippen LogP contribution in [-0.4, -0.2) is 48.5 Å². The standard InChI is InChI=1S/C20H26N2O5/c1-2-3-12-26-13-6-11-21-18(24)16-9-10-17(23)22(16)19-14-7-4-5-8-15(14)20(25)27-19/h4-5,7-8,16,19H,2-3,6,9-13H2,1H3,(H,21,24)/t16-,19+/m1/s1. The van der Waals surface area contributed by atoms with Crippen molar-refractivity contribution in [3.63, 3.8) is 0 Å². The van der Waals surface area contributed by atoms with Crippen molar-refractivity contribution in [3.8, 4) is 0 Å². The first-order valence-corrected chi connectivity index (χ1v) is 9.60. The SMILES string of the molecule is CCCCOCCCNC(=O)[C@H]1CCC(=O)N1[C@H]1OC(=O)c2ccccc21. The zero-order chi connectivity index (χ0) is 19.2. The number of benzene rings is 1. The molecule has 146 valence electrons. The van der Waals surface area contributed by atoms with E-state index in [2.05, 4.69) is 12.2 Å². The molecule has 1 N–H and O–H groups in total. The molecule has 2 atom stereocenters. The highest BCUT2D eigenvalue weighted by molar-refractivity contribution is 5.96. The van der Waals surface area contributed by atoms with E-state index in [1.807, 2.05) is 0 Å². The molecular formula is C20H26N2O5. The first-order valence-electron chi connectivity index (χ1n) is 9.60. The Morgan fingerprint density at radius 1 is 1.26 bits per heavy atom. The lowest BCUT2D eigenvalue weighted by Gasteiger charge is -2.29.